The van der Waals surface area contributed by atoms with Crippen LogP contribution in [0.3, 0.4) is 0 Å². The monoisotopic (exact) mass is 363 g/mol. The maximum atomic E-state index is 11.7. The SMILES string of the molecule is CC(C)NC(=O)COc1cccc(-c2nccc(Nc3ccncc3)n2)c1. The molecule has 0 spiro atoms. The Hall–Kier alpha value is -3.48. The van der Waals surface area contributed by atoms with Gasteiger partial charge in [0.15, 0.2) is 12.4 Å². The Kier molecular flexibility index (Phi) is 5.94. The second-order valence-corrected chi connectivity index (χ2v) is 6.17. The van der Waals surface area contributed by atoms with E-state index in [1.165, 1.54) is 0 Å². The lowest BCUT2D eigenvalue weighted by atomic mass is 10.2. The van der Waals surface area contributed by atoms with Gasteiger partial charge in [-0.1, -0.05) is 12.1 Å². The molecular weight excluding hydrogens is 342 g/mol. The molecule has 0 fully saturated rings. The van der Waals surface area contributed by atoms with E-state index in [0.717, 1.165) is 11.3 Å². The van der Waals surface area contributed by atoms with Crippen molar-refractivity contribution in [1.82, 2.24) is 20.3 Å². The van der Waals surface area contributed by atoms with Crippen LogP contribution in [-0.4, -0.2) is 33.5 Å². The third kappa shape index (κ3) is 5.50. The van der Waals surface area contributed by atoms with Crippen LogP contribution in [0, 0.1) is 0 Å². The van der Waals surface area contributed by atoms with Gasteiger partial charge in [0.25, 0.3) is 5.91 Å². The van der Waals surface area contributed by atoms with E-state index in [-0.39, 0.29) is 18.6 Å². The van der Waals surface area contributed by atoms with Gasteiger partial charge in [-0.3, -0.25) is 9.78 Å². The Labute approximate surface area is 157 Å². The van der Waals surface area contributed by atoms with E-state index < -0.39 is 0 Å². The van der Waals surface area contributed by atoms with E-state index >= 15 is 0 Å². The second-order valence-electron chi connectivity index (χ2n) is 6.17. The first-order valence-electron chi connectivity index (χ1n) is 8.63. The Morgan fingerprint density at radius 3 is 2.70 bits per heavy atom. The summed E-state index contributed by atoms with van der Waals surface area (Å²) in [7, 11) is 0. The smallest absolute Gasteiger partial charge is 0.258 e. The molecule has 2 aromatic heterocycles. The van der Waals surface area contributed by atoms with Crippen molar-refractivity contribution in [2.45, 2.75) is 19.9 Å². The van der Waals surface area contributed by atoms with E-state index in [9.17, 15) is 4.79 Å². The number of hydrogen-bond donors (Lipinski definition) is 2. The average Bonchev–Trinajstić information content (AvgIpc) is 2.67. The highest BCUT2D eigenvalue weighted by Gasteiger charge is 2.07. The van der Waals surface area contributed by atoms with Gasteiger partial charge in [-0.25, -0.2) is 9.97 Å². The molecule has 1 amide bonds. The molecule has 0 radical (unpaired) electrons. The van der Waals surface area contributed by atoms with Crippen LogP contribution in [0.2, 0.25) is 0 Å². The fourth-order valence-corrected chi connectivity index (χ4v) is 2.39. The minimum atomic E-state index is -0.157. The van der Waals surface area contributed by atoms with Gasteiger partial charge in [0.05, 0.1) is 0 Å². The lowest BCUT2D eigenvalue weighted by molar-refractivity contribution is -0.123. The number of ether oxygens (including phenoxy) is 1. The summed E-state index contributed by atoms with van der Waals surface area (Å²) in [5.74, 6) is 1.66. The van der Waals surface area contributed by atoms with Gasteiger partial charge in [0.1, 0.15) is 11.6 Å². The molecule has 3 aromatic rings. The number of benzene rings is 1. The third-order valence-corrected chi connectivity index (χ3v) is 3.52. The Bertz CT molecular complexity index is 900. The second kappa shape index (κ2) is 8.75. The predicted molar refractivity (Wildman–Crippen MR) is 104 cm³/mol. The van der Waals surface area contributed by atoms with Gasteiger partial charge in [0, 0.05) is 35.9 Å². The molecule has 27 heavy (non-hydrogen) atoms. The fraction of sp³-hybridized carbons (Fsp3) is 0.200. The molecular formula is C20H21N5O2. The van der Waals surface area contributed by atoms with Gasteiger partial charge in [0.2, 0.25) is 0 Å². The highest BCUT2D eigenvalue weighted by molar-refractivity contribution is 5.77. The normalized spacial score (nSPS) is 10.5. The van der Waals surface area contributed by atoms with Crippen LogP contribution in [-0.2, 0) is 4.79 Å². The molecule has 2 N–H and O–H groups in total. The average molecular weight is 363 g/mol. The molecule has 2 heterocycles. The summed E-state index contributed by atoms with van der Waals surface area (Å²) in [6.45, 7) is 3.78. The number of nitrogens with zero attached hydrogens (tertiary/aromatic N) is 3. The minimum Gasteiger partial charge on any atom is -0.484 e. The number of pyridine rings is 1. The lowest BCUT2D eigenvalue weighted by Gasteiger charge is -2.11. The zero-order valence-electron chi connectivity index (χ0n) is 15.2. The quantitative estimate of drug-likeness (QED) is 0.670. The molecule has 3 rings (SSSR count). The molecule has 0 unspecified atom stereocenters. The molecule has 0 aliphatic rings. The summed E-state index contributed by atoms with van der Waals surface area (Å²) in [6, 6.07) is 12.9. The maximum Gasteiger partial charge on any atom is 0.258 e. The van der Waals surface area contributed by atoms with E-state index in [1.807, 2.05) is 44.2 Å². The summed E-state index contributed by atoms with van der Waals surface area (Å²) in [4.78, 5) is 24.6. The van der Waals surface area contributed by atoms with Gasteiger partial charge in [-0.05, 0) is 44.2 Å². The molecule has 0 saturated carbocycles. The van der Waals surface area contributed by atoms with Gasteiger partial charge >= 0.3 is 0 Å². The molecule has 0 saturated heterocycles. The Morgan fingerprint density at radius 2 is 1.93 bits per heavy atom. The number of amides is 1. The zero-order chi connectivity index (χ0) is 19.1. The summed E-state index contributed by atoms with van der Waals surface area (Å²) in [6.07, 6.45) is 5.11. The summed E-state index contributed by atoms with van der Waals surface area (Å²) in [5.41, 5.74) is 1.69. The number of rotatable bonds is 7. The van der Waals surface area contributed by atoms with E-state index in [1.54, 1.807) is 30.7 Å². The van der Waals surface area contributed by atoms with E-state index in [2.05, 4.69) is 25.6 Å². The molecule has 7 heteroatoms. The van der Waals surface area contributed by atoms with Crippen molar-refractivity contribution in [1.29, 1.82) is 0 Å². The summed E-state index contributed by atoms with van der Waals surface area (Å²) in [5, 5.41) is 6.00. The third-order valence-electron chi connectivity index (χ3n) is 3.52. The van der Waals surface area contributed by atoms with Crippen LogP contribution in [0.15, 0.2) is 61.1 Å². The fourth-order valence-electron chi connectivity index (χ4n) is 2.39. The van der Waals surface area contributed by atoms with Crippen molar-refractivity contribution in [2.75, 3.05) is 11.9 Å². The maximum absolute atomic E-state index is 11.7. The molecule has 0 aliphatic carbocycles. The van der Waals surface area contributed by atoms with Crippen molar-refractivity contribution in [2.24, 2.45) is 0 Å². The summed E-state index contributed by atoms with van der Waals surface area (Å²) < 4.78 is 5.57. The zero-order valence-corrected chi connectivity index (χ0v) is 15.2. The number of nitrogens with one attached hydrogen (secondary N) is 2. The summed E-state index contributed by atoms with van der Waals surface area (Å²) >= 11 is 0. The van der Waals surface area contributed by atoms with Crippen LogP contribution in [0.4, 0.5) is 11.5 Å². The van der Waals surface area contributed by atoms with E-state index in [4.69, 9.17) is 4.74 Å². The number of anilines is 2. The minimum absolute atomic E-state index is 0.0356. The molecule has 7 nitrogen and oxygen atoms in total. The predicted octanol–water partition coefficient (Wildman–Crippen LogP) is 3.19. The lowest BCUT2D eigenvalue weighted by Crippen LogP contribution is -2.34. The highest BCUT2D eigenvalue weighted by Crippen LogP contribution is 2.22. The molecule has 1 aromatic carbocycles. The van der Waals surface area contributed by atoms with Crippen molar-refractivity contribution in [3.63, 3.8) is 0 Å². The van der Waals surface area contributed by atoms with Crippen molar-refractivity contribution < 1.29 is 9.53 Å². The van der Waals surface area contributed by atoms with E-state index in [0.29, 0.717) is 17.4 Å². The van der Waals surface area contributed by atoms with Crippen LogP contribution in [0.5, 0.6) is 5.75 Å². The van der Waals surface area contributed by atoms with Crippen molar-refractivity contribution >= 4 is 17.4 Å². The number of carbonyl (C=O) groups is 1. The van der Waals surface area contributed by atoms with Crippen LogP contribution in [0.1, 0.15) is 13.8 Å². The molecule has 0 bridgehead atoms. The standard InChI is InChI=1S/C20H21N5O2/c1-14(2)23-19(26)13-27-17-5-3-4-15(12-17)20-22-11-8-18(25-20)24-16-6-9-21-10-7-16/h3-12,14H,13H2,1-2H3,(H,23,26)(H,21,22,24,25). The van der Waals surface area contributed by atoms with Crippen molar-refractivity contribution in [3.05, 3.63) is 61.1 Å². The first-order valence-corrected chi connectivity index (χ1v) is 8.63. The first kappa shape index (κ1) is 18.3. The molecule has 138 valence electrons. The van der Waals surface area contributed by atoms with Crippen LogP contribution >= 0.6 is 0 Å². The Morgan fingerprint density at radius 1 is 1.11 bits per heavy atom. The van der Waals surface area contributed by atoms with Gasteiger partial charge < -0.3 is 15.4 Å². The van der Waals surface area contributed by atoms with Gasteiger partial charge in [-0.2, -0.15) is 0 Å². The molecule has 0 aliphatic heterocycles. The van der Waals surface area contributed by atoms with Gasteiger partial charge in [-0.15, -0.1) is 0 Å². The van der Waals surface area contributed by atoms with Crippen molar-refractivity contribution in [3.8, 4) is 17.1 Å². The number of carbonyl (C=O) groups excluding carboxylic acids is 1. The number of hydrogen-bond acceptors (Lipinski definition) is 6. The van der Waals surface area contributed by atoms with Crippen LogP contribution in [0.25, 0.3) is 11.4 Å². The largest absolute Gasteiger partial charge is 0.484 e. The van der Waals surface area contributed by atoms with Crippen LogP contribution < -0.4 is 15.4 Å². The first-order chi connectivity index (χ1) is 13.1. The highest BCUT2D eigenvalue weighted by atomic mass is 16.5. The topological polar surface area (TPSA) is 89.0 Å². The molecule has 0 atom stereocenters. The Balaban J connectivity index is 1.71. The number of aromatic nitrogens is 3.